The van der Waals surface area contributed by atoms with Gasteiger partial charge in [0, 0.05) is 0 Å². The normalized spacial score (nSPS) is 18.6. The molecule has 0 fully saturated rings. The molecular weight excluding hydrogens is 188 g/mol. The maximum absolute atomic E-state index is 11.2. The first-order chi connectivity index (χ1) is 7.25. The number of nitrogens with zero attached hydrogens (tertiary/aromatic N) is 1. The molecule has 2 rings (SSSR count). The van der Waals surface area contributed by atoms with Crippen molar-refractivity contribution < 1.29 is 4.79 Å². The number of rotatable bonds is 1. The quantitative estimate of drug-likeness (QED) is 0.739. The second-order valence-corrected chi connectivity index (χ2v) is 3.49. The van der Waals surface area contributed by atoms with Crippen molar-refractivity contribution in [3.05, 3.63) is 41.5 Å². The zero-order chi connectivity index (χ0) is 10.7. The van der Waals surface area contributed by atoms with E-state index in [2.05, 4.69) is 10.5 Å². The van der Waals surface area contributed by atoms with Gasteiger partial charge in [0.05, 0.1) is 12.1 Å². The van der Waals surface area contributed by atoms with Crippen molar-refractivity contribution in [3.63, 3.8) is 0 Å². The van der Waals surface area contributed by atoms with Crippen LogP contribution in [0.1, 0.15) is 18.9 Å². The molecule has 76 valence electrons. The van der Waals surface area contributed by atoms with Crippen molar-refractivity contribution in [2.75, 3.05) is 0 Å². The Morgan fingerprint density at radius 3 is 2.80 bits per heavy atom. The SMILES string of the molecule is CC1=NNC(=O)C/C1=C/c1ccccc1. The Labute approximate surface area is 88.5 Å². The Kier molecular flexibility index (Phi) is 2.63. The molecule has 1 N–H and O–H groups in total. The molecule has 0 atom stereocenters. The van der Waals surface area contributed by atoms with Gasteiger partial charge < -0.3 is 0 Å². The first kappa shape index (κ1) is 9.65. The summed E-state index contributed by atoms with van der Waals surface area (Å²) in [5, 5.41) is 3.94. The van der Waals surface area contributed by atoms with Gasteiger partial charge in [0.1, 0.15) is 0 Å². The van der Waals surface area contributed by atoms with Crippen LogP contribution in [0.4, 0.5) is 0 Å². The van der Waals surface area contributed by atoms with Gasteiger partial charge in [0.2, 0.25) is 5.91 Å². The third-order valence-corrected chi connectivity index (χ3v) is 2.30. The summed E-state index contributed by atoms with van der Waals surface area (Å²) in [4.78, 5) is 11.2. The summed E-state index contributed by atoms with van der Waals surface area (Å²) >= 11 is 0. The standard InChI is InChI=1S/C12H12N2O/c1-9-11(8-12(15)14-13-9)7-10-5-3-2-4-6-10/h2-7H,8H2,1H3,(H,14,15)/b11-7-. The first-order valence-electron chi connectivity index (χ1n) is 4.85. The van der Waals surface area contributed by atoms with Crippen LogP contribution in [0.25, 0.3) is 6.08 Å². The van der Waals surface area contributed by atoms with Crippen molar-refractivity contribution in [1.82, 2.24) is 5.43 Å². The van der Waals surface area contributed by atoms with Crippen LogP contribution < -0.4 is 5.43 Å². The fourth-order valence-corrected chi connectivity index (χ4v) is 1.46. The second-order valence-electron chi connectivity index (χ2n) is 3.49. The van der Waals surface area contributed by atoms with E-state index in [0.29, 0.717) is 6.42 Å². The van der Waals surface area contributed by atoms with Crippen LogP contribution in [-0.4, -0.2) is 11.6 Å². The summed E-state index contributed by atoms with van der Waals surface area (Å²) in [5.74, 6) is -0.0530. The molecule has 0 spiro atoms. The van der Waals surface area contributed by atoms with Gasteiger partial charge in [0.15, 0.2) is 0 Å². The fraction of sp³-hybridized carbons (Fsp3) is 0.167. The van der Waals surface area contributed by atoms with Gasteiger partial charge in [-0.1, -0.05) is 30.3 Å². The number of benzene rings is 1. The van der Waals surface area contributed by atoms with Gasteiger partial charge in [-0.15, -0.1) is 0 Å². The van der Waals surface area contributed by atoms with E-state index in [4.69, 9.17) is 0 Å². The molecule has 0 radical (unpaired) electrons. The molecular formula is C12H12N2O. The number of hydrazone groups is 1. The van der Waals surface area contributed by atoms with Crippen LogP contribution in [0.3, 0.4) is 0 Å². The van der Waals surface area contributed by atoms with Crippen molar-refractivity contribution in [2.45, 2.75) is 13.3 Å². The molecule has 1 aliphatic rings. The van der Waals surface area contributed by atoms with Gasteiger partial charge >= 0.3 is 0 Å². The Bertz CT molecular complexity index is 432. The predicted octanol–water partition coefficient (Wildman–Crippen LogP) is 1.97. The smallest absolute Gasteiger partial charge is 0.244 e. The number of hydrogen-bond acceptors (Lipinski definition) is 2. The lowest BCUT2D eigenvalue weighted by atomic mass is 10.0. The zero-order valence-corrected chi connectivity index (χ0v) is 8.53. The van der Waals surface area contributed by atoms with Gasteiger partial charge in [0.25, 0.3) is 0 Å². The summed E-state index contributed by atoms with van der Waals surface area (Å²) in [6.45, 7) is 1.90. The lowest BCUT2D eigenvalue weighted by molar-refractivity contribution is -0.120. The van der Waals surface area contributed by atoms with E-state index in [9.17, 15) is 4.79 Å². The monoisotopic (exact) mass is 200 g/mol. The molecule has 1 aromatic rings. The van der Waals surface area contributed by atoms with Crippen LogP contribution in [0, 0.1) is 0 Å². The minimum Gasteiger partial charge on any atom is -0.273 e. The molecule has 3 heteroatoms. The largest absolute Gasteiger partial charge is 0.273 e. The van der Waals surface area contributed by atoms with E-state index in [0.717, 1.165) is 16.8 Å². The topological polar surface area (TPSA) is 41.5 Å². The Balaban J connectivity index is 2.30. The first-order valence-corrected chi connectivity index (χ1v) is 4.85. The maximum Gasteiger partial charge on any atom is 0.244 e. The Morgan fingerprint density at radius 2 is 2.07 bits per heavy atom. The molecule has 15 heavy (non-hydrogen) atoms. The van der Waals surface area contributed by atoms with Crippen LogP contribution >= 0.6 is 0 Å². The summed E-state index contributed by atoms with van der Waals surface area (Å²) < 4.78 is 0. The third-order valence-electron chi connectivity index (χ3n) is 2.30. The molecule has 1 amide bonds. The van der Waals surface area contributed by atoms with Crippen LogP contribution in [0.2, 0.25) is 0 Å². The molecule has 3 nitrogen and oxygen atoms in total. The van der Waals surface area contributed by atoms with E-state index in [-0.39, 0.29) is 5.91 Å². The second kappa shape index (κ2) is 4.09. The maximum atomic E-state index is 11.2. The highest BCUT2D eigenvalue weighted by Gasteiger charge is 2.13. The number of hydrogen-bond donors (Lipinski definition) is 1. The number of amides is 1. The highest BCUT2D eigenvalue weighted by atomic mass is 16.2. The van der Waals surface area contributed by atoms with E-state index in [1.54, 1.807) is 0 Å². The minimum atomic E-state index is -0.0530. The van der Waals surface area contributed by atoms with Crippen molar-refractivity contribution in [1.29, 1.82) is 0 Å². The van der Waals surface area contributed by atoms with E-state index in [1.807, 2.05) is 43.3 Å². The molecule has 0 saturated heterocycles. The number of carbonyl (C=O) groups is 1. The van der Waals surface area contributed by atoms with Crippen molar-refractivity contribution in [3.8, 4) is 0 Å². The third kappa shape index (κ3) is 2.31. The molecule has 0 unspecified atom stereocenters. The average molecular weight is 200 g/mol. The van der Waals surface area contributed by atoms with E-state index >= 15 is 0 Å². The van der Waals surface area contributed by atoms with Gasteiger partial charge in [-0.05, 0) is 24.1 Å². The summed E-state index contributed by atoms with van der Waals surface area (Å²) in [7, 11) is 0. The molecule has 1 heterocycles. The molecule has 1 aliphatic heterocycles. The van der Waals surface area contributed by atoms with Crippen LogP contribution in [0.5, 0.6) is 0 Å². The van der Waals surface area contributed by atoms with Gasteiger partial charge in [-0.3, -0.25) is 4.79 Å². The highest BCUT2D eigenvalue weighted by Crippen LogP contribution is 2.13. The van der Waals surface area contributed by atoms with E-state index < -0.39 is 0 Å². The van der Waals surface area contributed by atoms with Crippen molar-refractivity contribution in [2.24, 2.45) is 5.10 Å². The van der Waals surface area contributed by atoms with Gasteiger partial charge in [-0.25, -0.2) is 5.43 Å². The van der Waals surface area contributed by atoms with Crippen LogP contribution in [0.15, 0.2) is 41.0 Å². The number of carbonyl (C=O) groups excluding carboxylic acids is 1. The fourth-order valence-electron chi connectivity index (χ4n) is 1.46. The molecule has 1 aromatic carbocycles. The van der Waals surface area contributed by atoms with Gasteiger partial charge in [-0.2, -0.15) is 5.10 Å². The molecule has 0 aromatic heterocycles. The Hall–Kier alpha value is -1.90. The lowest BCUT2D eigenvalue weighted by Gasteiger charge is -2.12. The minimum absolute atomic E-state index is 0.0530. The number of nitrogens with one attached hydrogen (secondary N) is 1. The molecule has 0 bridgehead atoms. The predicted molar refractivity (Wildman–Crippen MR) is 60.3 cm³/mol. The average Bonchev–Trinajstić information content (AvgIpc) is 2.25. The van der Waals surface area contributed by atoms with Crippen molar-refractivity contribution >= 4 is 17.7 Å². The Morgan fingerprint density at radius 1 is 1.33 bits per heavy atom. The summed E-state index contributed by atoms with van der Waals surface area (Å²) in [5.41, 5.74) is 5.40. The van der Waals surface area contributed by atoms with Crippen LogP contribution in [-0.2, 0) is 4.79 Å². The lowest BCUT2D eigenvalue weighted by Crippen LogP contribution is -2.26. The van der Waals surface area contributed by atoms with E-state index in [1.165, 1.54) is 0 Å². The molecule has 0 aliphatic carbocycles. The summed E-state index contributed by atoms with van der Waals surface area (Å²) in [6, 6.07) is 9.93. The zero-order valence-electron chi connectivity index (χ0n) is 8.53. The molecule has 0 saturated carbocycles. The highest BCUT2D eigenvalue weighted by molar-refractivity contribution is 6.08. The summed E-state index contributed by atoms with van der Waals surface area (Å²) in [6.07, 6.45) is 2.40.